The second-order valence-electron chi connectivity index (χ2n) is 7.54. The van der Waals surface area contributed by atoms with E-state index in [0.29, 0.717) is 16.3 Å². The molecule has 30 heavy (non-hydrogen) atoms. The third-order valence-corrected chi connectivity index (χ3v) is 5.72. The van der Waals surface area contributed by atoms with Crippen LogP contribution in [-0.4, -0.2) is 34.9 Å². The fraction of sp³-hybridized carbons (Fsp3) is 0.250. The number of pyridine rings is 1. The molecule has 4 rings (SSSR count). The highest BCUT2D eigenvalue weighted by Gasteiger charge is 2.22. The van der Waals surface area contributed by atoms with E-state index in [1.54, 1.807) is 24.4 Å². The van der Waals surface area contributed by atoms with E-state index in [1.165, 1.54) is 17.7 Å². The van der Waals surface area contributed by atoms with Crippen molar-refractivity contribution in [3.8, 4) is 11.3 Å². The first-order valence-corrected chi connectivity index (χ1v) is 10.5. The molecule has 1 aromatic heterocycles. The van der Waals surface area contributed by atoms with E-state index in [2.05, 4.69) is 27.3 Å². The molecule has 6 heteroatoms. The molecule has 3 aromatic rings. The van der Waals surface area contributed by atoms with Crippen LogP contribution in [0.25, 0.3) is 11.3 Å². The summed E-state index contributed by atoms with van der Waals surface area (Å²) in [5.74, 6) is -0.957. The molecule has 4 nitrogen and oxygen atoms in total. The Hall–Kier alpha value is -2.76. The number of nitrogens with zero attached hydrogens (tertiary/aromatic N) is 2. The summed E-state index contributed by atoms with van der Waals surface area (Å²) >= 11 is 6.14. The van der Waals surface area contributed by atoms with E-state index in [9.17, 15) is 9.18 Å². The zero-order valence-electron chi connectivity index (χ0n) is 16.5. The van der Waals surface area contributed by atoms with Gasteiger partial charge in [0.2, 0.25) is 0 Å². The molecule has 1 saturated heterocycles. The van der Waals surface area contributed by atoms with Crippen molar-refractivity contribution in [2.45, 2.75) is 25.4 Å². The highest BCUT2D eigenvalue weighted by Crippen LogP contribution is 2.26. The van der Waals surface area contributed by atoms with Crippen LogP contribution in [0.3, 0.4) is 0 Å². The van der Waals surface area contributed by atoms with E-state index in [1.807, 2.05) is 18.2 Å². The van der Waals surface area contributed by atoms with Crippen LogP contribution in [0.4, 0.5) is 4.39 Å². The van der Waals surface area contributed by atoms with Gasteiger partial charge in [-0.25, -0.2) is 4.39 Å². The Balaban J connectivity index is 1.35. The van der Waals surface area contributed by atoms with E-state index in [4.69, 9.17) is 11.6 Å². The van der Waals surface area contributed by atoms with Gasteiger partial charge < -0.3 is 5.32 Å². The number of carbonyl (C=O) groups is 1. The fourth-order valence-electron chi connectivity index (χ4n) is 3.78. The predicted molar refractivity (Wildman–Crippen MR) is 117 cm³/mol. The summed E-state index contributed by atoms with van der Waals surface area (Å²) in [6.45, 7) is 2.71. The molecule has 0 unspecified atom stereocenters. The maximum atomic E-state index is 14.6. The largest absolute Gasteiger partial charge is 0.349 e. The van der Waals surface area contributed by atoms with Gasteiger partial charge in [0.05, 0.1) is 16.3 Å². The Morgan fingerprint density at radius 3 is 2.57 bits per heavy atom. The number of rotatable bonds is 5. The molecule has 0 saturated carbocycles. The highest BCUT2D eigenvalue weighted by atomic mass is 35.5. The number of aromatic nitrogens is 1. The van der Waals surface area contributed by atoms with Gasteiger partial charge in [-0.15, -0.1) is 0 Å². The maximum absolute atomic E-state index is 14.6. The number of benzene rings is 2. The maximum Gasteiger partial charge on any atom is 0.254 e. The second-order valence-corrected chi connectivity index (χ2v) is 7.95. The normalized spacial score (nSPS) is 15.1. The summed E-state index contributed by atoms with van der Waals surface area (Å²) in [6.07, 6.45) is 3.30. The van der Waals surface area contributed by atoms with Crippen molar-refractivity contribution < 1.29 is 9.18 Å². The van der Waals surface area contributed by atoms with Crippen LogP contribution in [0.2, 0.25) is 5.02 Å². The summed E-state index contributed by atoms with van der Waals surface area (Å²) in [5.41, 5.74) is 2.37. The molecule has 0 spiro atoms. The molecule has 1 amide bonds. The lowest BCUT2D eigenvalue weighted by Crippen LogP contribution is -2.44. The number of hydrogen-bond donors (Lipinski definition) is 1. The SMILES string of the molecule is O=C(NC1CCN(Cc2ccccc2)CC1)c1ccc(-c2ncccc2Cl)cc1F. The zero-order chi connectivity index (χ0) is 20.9. The molecule has 1 aliphatic heterocycles. The van der Waals surface area contributed by atoms with Gasteiger partial charge in [-0.05, 0) is 42.7 Å². The number of nitrogens with one attached hydrogen (secondary N) is 1. The number of halogens is 2. The van der Waals surface area contributed by atoms with Gasteiger partial charge >= 0.3 is 0 Å². The van der Waals surface area contributed by atoms with Gasteiger partial charge in [0.1, 0.15) is 5.82 Å². The van der Waals surface area contributed by atoms with E-state index in [-0.39, 0.29) is 17.5 Å². The van der Waals surface area contributed by atoms with Gasteiger partial charge in [-0.3, -0.25) is 14.7 Å². The van der Waals surface area contributed by atoms with E-state index >= 15 is 0 Å². The van der Waals surface area contributed by atoms with Crippen LogP contribution in [0.1, 0.15) is 28.8 Å². The molecule has 1 N–H and O–H groups in total. The molecule has 1 aliphatic rings. The minimum Gasteiger partial charge on any atom is -0.349 e. The summed E-state index contributed by atoms with van der Waals surface area (Å²) in [7, 11) is 0. The Kier molecular flexibility index (Phi) is 6.41. The summed E-state index contributed by atoms with van der Waals surface area (Å²) in [6, 6.07) is 18.3. The Morgan fingerprint density at radius 2 is 1.87 bits per heavy atom. The molecule has 0 radical (unpaired) electrons. The molecule has 0 atom stereocenters. The van der Waals surface area contributed by atoms with Crippen molar-refractivity contribution in [2.24, 2.45) is 0 Å². The van der Waals surface area contributed by atoms with Crippen molar-refractivity contribution in [1.82, 2.24) is 15.2 Å². The van der Waals surface area contributed by atoms with Gasteiger partial charge in [-0.2, -0.15) is 0 Å². The van der Waals surface area contributed by atoms with Gasteiger partial charge in [0, 0.05) is 37.4 Å². The Labute approximate surface area is 180 Å². The summed E-state index contributed by atoms with van der Waals surface area (Å²) in [5, 5.41) is 3.42. The Morgan fingerprint density at radius 1 is 1.10 bits per heavy atom. The van der Waals surface area contributed by atoms with Crippen LogP contribution >= 0.6 is 11.6 Å². The average Bonchev–Trinajstić information content (AvgIpc) is 2.76. The summed E-state index contributed by atoms with van der Waals surface area (Å²) < 4.78 is 14.6. The number of piperidine rings is 1. The molecular formula is C24H23ClFN3O. The van der Waals surface area contributed by atoms with Crippen LogP contribution in [-0.2, 0) is 6.54 Å². The van der Waals surface area contributed by atoms with Crippen LogP contribution in [0.15, 0.2) is 66.9 Å². The summed E-state index contributed by atoms with van der Waals surface area (Å²) in [4.78, 5) is 19.2. The number of amides is 1. The van der Waals surface area contributed by atoms with Crippen molar-refractivity contribution in [2.75, 3.05) is 13.1 Å². The fourth-order valence-corrected chi connectivity index (χ4v) is 4.02. The lowest BCUT2D eigenvalue weighted by atomic mass is 10.0. The first kappa shape index (κ1) is 20.5. The first-order valence-electron chi connectivity index (χ1n) is 10.1. The lowest BCUT2D eigenvalue weighted by Gasteiger charge is -2.32. The van der Waals surface area contributed by atoms with Gasteiger partial charge in [0.15, 0.2) is 0 Å². The third-order valence-electron chi connectivity index (χ3n) is 5.42. The molecule has 2 aromatic carbocycles. The molecule has 1 fully saturated rings. The topological polar surface area (TPSA) is 45.2 Å². The first-order chi connectivity index (χ1) is 14.6. The highest BCUT2D eigenvalue weighted by molar-refractivity contribution is 6.33. The smallest absolute Gasteiger partial charge is 0.254 e. The van der Waals surface area contributed by atoms with Gasteiger partial charge in [-0.1, -0.05) is 48.0 Å². The molecule has 0 aliphatic carbocycles. The monoisotopic (exact) mass is 423 g/mol. The van der Waals surface area contributed by atoms with Crippen molar-refractivity contribution >= 4 is 17.5 Å². The Bertz CT molecular complexity index is 1020. The zero-order valence-corrected chi connectivity index (χ0v) is 17.3. The predicted octanol–water partition coefficient (Wildman–Crippen LogP) is 4.94. The van der Waals surface area contributed by atoms with E-state index < -0.39 is 5.82 Å². The lowest BCUT2D eigenvalue weighted by molar-refractivity contribution is 0.0905. The van der Waals surface area contributed by atoms with Crippen LogP contribution in [0, 0.1) is 5.82 Å². The molecule has 0 bridgehead atoms. The number of carbonyl (C=O) groups excluding carboxylic acids is 1. The molecule has 2 heterocycles. The number of likely N-dealkylation sites (tertiary alicyclic amines) is 1. The van der Waals surface area contributed by atoms with Gasteiger partial charge in [0.25, 0.3) is 5.91 Å². The minimum atomic E-state index is -0.576. The van der Waals surface area contributed by atoms with Crippen LogP contribution in [0.5, 0.6) is 0 Å². The van der Waals surface area contributed by atoms with Crippen LogP contribution < -0.4 is 5.32 Å². The van der Waals surface area contributed by atoms with Crippen molar-refractivity contribution in [3.63, 3.8) is 0 Å². The number of hydrogen-bond acceptors (Lipinski definition) is 3. The van der Waals surface area contributed by atoms with Crippen molar-refractivity contribution in [3.05, 3.63) is 88.8 Å². The third kappa shape index (κ3) is 4.86. The molecule has 154 valence electrons. The quantitative estimate of drug-likeness (QED) is 0.632. The van der Waals surface area contributed by atoms with Crippen molar-refractivity contribution in [1.29, 1.82) is 0 Å². The average molecular weight is 424 g/mol. The molecular weight excluding hydrogens is 401 g/mol. The minimum absolute atomic E-state index is 0.0394. The second kappa shape index (κ2) is 9.37. The van der Waals surface area contributed by atoms with E-state index in [0.717, 1.165) is 32.5 Å². The standard InChI is InChI=1S/C24H23ClFN3O/c25-21-7-4-12-27-23(21)18-8-9-20(22(26)15-18)24(30)28-19-10-13-29(14-11-19)16-17-5-2-1-3-6-17/h1-9,12,15,19H,10-11,13-14,16H2,(H,28,30).